The number of carbonyl (C=O) groups excluding carboxylic acids is 1. The number of ether oxygens (including phenoxy) is 1. The van der Waals surface area contributed by atoms with Gasteiger partial charge in [0.25, 0.3) is 5.91 Å². The second kappa shape index (κ2) is 6.54. The fourth-order valence-corrected chi connectivity index (χ4v) is 5.12. The Kier molecular flexibility index (Phi) is 4.32. The van der Waals surface area contributed by atoms with Gasteiger partial charge < -0.3 is 25.0 Å². The molecular formula is C19H19NO6S. The molecule has 8 heteroatoms. The number of carboxylic acids is 1. The smallest absolute Gasteiger partial charge is 0.345 e. The van der Waals surface area contributed by atoms with Crippen LogP contribution in [0, 0.1) is 0 Å². The average Bonchev–Trinajstić information content (AvgIpc) is 3.08. The molecule has 1 fully saturated rings. The van der Waals surface area contributed by atoms with Gasteiger partial charge in [0.15, 0.2) is 0 Å². The van der Waals surface area contributed by atoms with Crippen LogP contribution < -0.4 is 0 Å². The van der Waals surface area contributed by atoms with Crippen molar-refractivity contribution in [1.29, 1.82) is 0 Å². The zero-order valence-electron chi connectivity index (χ0n) is 14.5. The summed E-state index contributed by atoms with van der Waals surface area (Å²) in [6, 6.07) is 5.94. The van der Waals surface area contributed by atoms with Crippen LogP contribution in [-0.4, -0.2) is 51.8 Å². The maximum Gasteiger partial charge on any atom is 0.345 e. The number of aromatic hydroxyl groups is 2. The number of nitrogens with zero attached hydrogens (tertiary/aromatic N) is 1. The lowest BCUT2D eigenvalue weighted by atomic mass is 9.85. The van der Waals surface area contributed by atoms with Gasteiger partial charge >= 0.3 is 5.97 Å². The third-order valence-corrected chi connectivity index (χ3v) is 6.63. The minimum Gasteiger partial charge on any atom is -0.507 e. The molecule has 0 radical (unpaired) electrons. The molecule has 2 aromatic rings. The first-order chi connectivity index (χ1) is 12.9. The van der Waals surface area contributed by atoms with E-state index in [4.69, 9.17) is 4.74 Å². The summed E-state index contributed by atoms with van der Waals surface area (Å²) in [4.78, 5) is 26.9. The Hall–Kier alpha value is -2.58. The largest absolute Gasteiger partial charge is 0.507 e. The number of hydrogen-bond donors (Lipinski definition) is 3. The summed E-state index contributed by atoms with van der Waals surface area (Å²) in [6.07, 6.45) is 1.77. The summed E-state index contributed by atoms with van der Waals surface area (Å²) < 4.78 is 6.09. The number of aromatic carboxylic acids is 1. The van der Waals surface area contributed by atoms with Crippen molar-refractivity contribution >= 4 is 23.2 Å². The number of hydrogen-bond acceptors (Lipinski definition) is 6. The van der Waals surface area contributed by atoms with E-state index in [9.17, 15) is 24.9 Å². The van der Waals surface area contributed by atoms with Gasteiger partial charge in [0, 0.05) is 18.0 Å². The fourth-order valence-electron chi connectivity index (χ4n) is 3.88. The first-order valence-corrected chi connectivity index (χ1v) is 9.53. The number of carboxylic acid groups (broad SMARTS) is 1. The van der Waals surface area contributed by atoms with Gasteiger partial charge in [0.2, 0.25) is 0 Å². The predicted octanol–water partition coefficient (Wildman–Crippen LogP) is 2.56. The van der Waals surface area contributed by atoms with Gasteiger partial charge in [-0.25, -0.2) is 4.79 Å². The molecule has 2 aliphatic heterocycles. The quantitative estimate of drug-likeness (QED) is 0.729. The van der Waals surface area contributed by atoms with Gasteiger partial charge in [0.1, 0.15) is 27.5 Å². The van der Waals surface area contributed by atoms with Gasteiger partial charge in [-0.2, -0.15) is 0 Å². The monoisotopic (exact) mass is 389 g/mol. The van der Waals surface area contributed by atoms with E-state index in [2.05, 4.69) is 0 Å². The molecule has 1 saturated heterocycles. The SMILES string of the molecule is O=C(O)c1cc2c(s1)C1(CCN(C(=O)c3c(O)cccc3O)CC1)OCC2. The molecule has 0 bridgehead atoms. The highest BCUT2D eigenvalue weighted by Gasteiger charge is 2.44. The molecule has 1 aromatic heterocycles. The second-order valence-corrected chi connectivity index (χ2v) is 7.88. The molecule has 0 aliphatic carbocycles. The van der Waals surface area contributed by atoms with Gasteiger partial charge in [0.05, 0.1) is 6.61 Å². The zero-order valence-corrected chi connectivity index (χ0v) is 15.3. The maximum absolute atomic E-state index is 12.7. The van der Waals surface area contributed by atoms with Crippen LogP contribution in [0.1, 0.15) is 43.3 Å². The lowest BCUT2D eigenvalue weighted by molar-refractivity contribution is -0.0906. The highest BCUT2D eigenvalue weighted by Crippen LogP contribution is 2.46. The molecule has 0 saturated carbocycles. The van der Waals surface area contributed by atoms with E-state index < -0.39 is 17.5 Å². The van der Waals surface area contributed by atoms with Crippen molar-refractivity contribution in [3.05, 3.63) is 45.1 Å². The number of thiophene rings is 1. The van der Waals surface area contributed by atoms with Gasteiger partial charge in [-0.1, -0.05) is 6.07 Å². The highest BCUT2D eigenvalue weighted by molar-refractivity contribution is 7.14. The number of phenols is 2. The van der Waals surface area contributed by atoms with Crippen LogP contribution in [0.4, 0.5) is 0 Å². The predicted molar refractivity (Wildman–Crippen MR) is 97.5 cm³/mol. The number of piperidine rings is 1. The van der Waals surface area contributed by atoms with E-state index in [1.807, 2.05) is 0 Å². The summed E-state index contributed by atoms with van der Waals surface area (Å²) in [5.41, 5.74) is 0.355. The highest BCUT2D eigenvalue weighted by atomic mass is 32.1. The Morgan fingerprint density at radius 3 is 2.44 bits per heavy atom. The van der Waals surface area contributed by atoms with Gasteiger partial charge in [-0.15, -0.1) is 11.3 Å². The fraction of sp³-hybridized carbons (Fsp3) is 0.368. The molecule has 0 unspecified atom stereocenters. The number of fused-ring (bicyclic) bond motifs is 2. The minimum absolute atomic E-state index is 0.0945. The summed E-state index contributed by atoms with van der Waals surface area (Å²) in [6.45, 7) is 1.32. The van der Waals surface area contributed by atoms with Gasteiger partial charge in [-0.3, -0.25) is 4.79 Å². The lowest BCUT2D eigenvalue weighted by Crippen LogP contribution is -2.47. The van der Waals surface area contributed by atoms with Crippen molar-refractivity contribution in [3.8, 4) is 11.5 Å². The molecule has 3 N–H and O–H groups in total. The van der Waals surface area contributed by atoms with Crippen LogP contribution in [0.25, 0.3) is 0 Å². The Morgan fingerprint density at radius 2 is 1.81 bits per heavy atom. The number of amides is 1. The van der Waals surface area contributed by atoms with Crippen molar-refractivity contribution in [1.82, 2.24) is 4.90 Å². The number of likely N-dealkylation sites (tertiary alicyclic amines) is 1. The Balaban J connectivity index is 1.56. The summed E-state index contributed by atoms with van der Waals surface area (Å²) >= 11 is 1.25. The summed E-state index contributed by atoms with van der Waals surface area (Å²) in [5.74, 6) is -1.86. The summed E-state index contributed by atoms with van der Waals surface area (Å²) in [7, 11) is 0. The lowest BCUT2D eigenvalue weighted by Gasteiger charge is -2.43. The van der Waals surface area contributed by atoms with E-state index in [0.717, 1.165) is 10.4 Å². The van der Waals surface area contributed by atoms with Crippen molar-refractivity contribution in [2.75, 3.05) is 19.7 Å². The molecular weight excluding hydrogens is 370 g/mol. The first kappa shape index (κ1) is 17.8. The molecule has 1 spiro atoms. The maximum atomic E-state index is 12.7. The van der Waals surface area contributed by atoms with Crippen LogP contribution in [0.5, 0.6) is 11.5 Å². The number of benzene rings is 1. The molecule has 1 aromatic carbocycles. The molecule has 3 heterocycles. The number of phenolic OH excluding ortho intramolecular Hbond substituents is 2. The zero-order chi connectivity index (χ0) is 19.2. The number of carbonyl (C=O) groups is 2. The standard InChI is InChI=1S/C19H19NO6S/c21-12-2-1-3-13(22)15(12)17(23)20-7-5-19(6-8-20)16-11(4-9-26-19)10-14(27-16)18(24)25/h1-3,10,21-22H,4-9H2,(H,24,25). The van der Waals surface area contributed by atoms with Crippen LogP contribution in [0.2, 0.25) is 0 Å². The summed E-state index contributed by atoms with van der Waals surface area (Å²) in [5, 5.41) is 29.1. The van der Waals surface area contributed by atoms with E-state index in [1.54, 1.807) is 11.0 Å². The normalized spacial score (nSPS) is 18.3. The molecule has 1 amide bonds. The average molecular weight is 389 g/mol. The topological polar surface area (TPSA) is 107 Å². The van der Waals surface area contributed by atoms with Crippen molar-refractivity contribution < 1.29 is 29.6 Å². The van der Waals surface area contributed by atoms with Crippen LogP contribution in [0.3, 0.4) is 0 Å². The molecule has 0 atom stereocenters. The first-order valence-electron chi connectivity index (χ1n) is 8.72. The third-order valence-electron chi connectivity index (χ3n) is 5.28. The van der Waals surface area contributed by atoms with Crippen molar-refractivity contribution in [2.24, 2.45) is 0 Å². The Labute approximate surface area is 159 Å². The van der Waals surface area contributed by atoms with E-state index in [-0.39, 0.29) is 17.1 Å². The third kappa shape index (κ3) is 2.94. The van der Waals surface area contributed by atoms with E-state index in [1.165, 1.54) is 29.5 Å². The molecule has 7 nitrogen and oxygen atoms in total. The van der Waals surface area contributed by atoms with E-state index >= 15 is 0 Å². The Morgan fingerprint density at radius 1 is 1.15 bits per heavy atom. The molecule has 142 valence electrons. The van der Waals surface area contributed by atoms with Crippen LogP contribution >= 0.6 is 11.3 Å². The second-order valence-electron chi connectivity index (χ2n) is 6.83. The van der Waals surface area contributed by atoms with Crippen LogP contribution in [-0.2, 0) is 16.8 Å². The molecule has 4 rings (SSSR count). The molecule has 27 heavy (non-hydrogen) atoms. The molecule has 2 aliphatic rings. The minimum atomic E-state index is -0.938. The van der Waals surface area contributed by atoms with Crippen molar-refractivity contribution in [3.63, 3.8) is 0 Å². The Bertz CT molecular complexity index is 893. The number of rotatable bonds is 2. The van der Waals surface area contributed by atoms with Gasteiger partial charge in [-0.05, 0) is 43.0 Å². The van der Waals surface area contributed by atoms with Crippen LogP contribution in [0.15, 0.2) is 24.3 Å². The van der Waals surface area contributed by atoms with Crippen molar-refractivity contribution in [2.45, 2.75) is 24.9 Å². The van der Waals surface area contributed by atoms with E-state index in [0.29, 0.717) is 43.8 Å².